The van der Waals surface area contributed by atoms with Crippen LogP contribution in [0.3, 0.4) is 0 Å². The summed E-state index contributed by atoms with van der Waals surface area (Å²) in [6.07, 6.45) is 0.759. The van der Waals surface area contributed by atoms with Gasteiger partial charge in [0.1, 0.15) is 0 Å². The minimum absolute atomic E-state index is 0.131. The van der Waals surface area contributed by atoms with E-state index in [2.05, 4.69) is 31.2 Å². The highest BCUT2D eigenvalue weighted by Crippen LogP contribution is 2.38. The second-order valence-corrected chi connectivity index (χ2v) is 6.75. The molecule has 1 aromatic heterocycles. The molecule has 0 fully saturated rings. The van der Waals surface area contributed by atoms with E-state index in [1.165, 1.54) is 22.5 Å². The molecule has 0 aliphatic rings. The smallest absolute Gasteiger partial charge is 0.0991 e. The van der Waals surface area contributed by atoms with Crippen LogP contribution in [0.15, 0.2) is 30.3 Å². The molecule has 90 valence electrons. The first-order valence-corrected chi connectivity index (χ1v) is 7.21. The topological polar surface area (TPSA) is 0 Å². The summed E-state index contributed by atoms with van der Waals surface area (Å²) >= 11 is 19.7. The van der Waals surface area contributed by atoms with Gasteiger partial charge in [-0.15, -0.1) is 22.9 Å². The maximum atomic E-state index is 6.36. The van der Waals surface area contributed by atoms with Crippen LogP contribution in [0, 0.1) is 6.92 Å². The third-order valence-corrected chi connectivity index (χ3v) is 4.46. The first-order chi connectivity index (χ1) is 8.06. The number of alkyl halides is 1. The van der Waals surface area contributed by atoms with Crippen LogP contribution in [0.25, 0.3) is 0 Å². The molecule has 2 aromatic rings. The van der Waals surface area contributed by atoms with E-state index in [1.807, 2.05) is 6.07 Å². The van der Waals surface area contributed by atoms with E-state index in [-0.39, 0.29) is 5.38 Å². The van der Waals surface area contributed by atoms with Gasteiger partial charge in [-0.25, -0.2) is 0 Å². The molecule has 0 saturated heterocycles. The Labute approximate surface area is 120 Å². The van der Waals surface area contributed by atoms with Crippen molar-refractivity contribution >= 4 is 46.1 Å². The summed E-state index contributed by atoms with van der Waals surface area (Å²) in [5.41, 5.74) is 3.37. The van der Waals surface area contributed by atoms with Crippen molar-refractivity contribution < 1.29 is 0 Å². The quantitative estimate of drug-likeness (QED) is 0.621. The second kappa shape index (κ2) is 5.62. The summed E-state index contributed by atoms with van der Waals surface area (Å²) in [7, 11) is 0. The Morgan fingerprint density at radius 1 is 1.18 bits per heavy atom. The lowest BCUT2D eigenvalue weighted by Crippen LogP contribution is -1.94. The van der Waals surface area contributed by atoms with Crippen LogP contribution in [0.2, 0.25) is 8.67 Å². The van der Waals surface area contributed by atoms with E-state index in [9.17, 15) is 0 Å². The molecule has 1 heterocycles. The van der Waals surface area contributed by atoms with E-state index in [1.54, 1.807) is 0 Å². The van der Waals surface area contributed by atoms with Crippen LogP contribution in [0.1, 0.15) is 22.1 Å². The summed E-state index contributed by atoms with van der Waals surface area (Å²) in [5.74, 6) is 0. The maximum Gasteiger partial charge on any atom is 0.0991 e. The van der Waals surface area contributed by atoms with Gasteiger partial charge in [-0.3, -0.25) is 0 Å². The SMILES string of the molecule is Cc1ccc(CC(Cl)c2cc(Cl)sc2Cl)cc1. The van der Waals surface area contributed by atoms with Gasteiger partial charge in [0.25, 0.3) is 0 Å². The van der Waals surface area contributed by atoms with Gasteiger partial charge in [-0.1, -0.05) is 53.0 Å². The molecule has 4 heteroatoms. The molecule has 1 unspecified atom stereocenters. The van der Waals surface area contributed by atoms with Gasteiger partial charge in [0.15, 0.2) is 0 Å². The van der Waals surface area contributed by atoms with E-state index >= 15 is 0 Å². The van der Waals surface area contributed by atoms with Crippen molar-refractivity contribution in [3.05, 3.63) is 55.7 Å². The van der Waals surface area contributed by atoms with Crippen LogP contribution < -0.4 is 0 Å². The summed E-state index contributed by atoms with van der Waals surface area (Å²) in [6.45, 7) is 2.07. The molecule has 0 N–H and O–H groups in total. The number of aryl methyl sites for hydroxylation is 1. The van der Waals surface area contributed by atoms with Gasteiger partial charge >= 0.3 is 0 Å². The van der Waals surface area contributed by atoms with Crippen LogP contribution in [0.4, 0.5) is 0 Å². The van der Waals surface area contributed by atoms with Crippen molar-refractivity contribution in [2.45, 2.75) is 18.7 Å². The molecule has 1 atom stereocenters. The van der Waals surface area contributed by atoms with Gasteiger partial charge in [-0.05, 0) is 25.0 Å². The Morgan fingerprint density at radius 3 is 2.35 bits per heavy atom. The van der Waals surface area contributed by atoms with Crippen molar-refractivity contribution in [3.63, 3.8) is 0 Å². The molecule has 0 radical (unpaired) electrons. The molecular weight excluding hydrogens is 295 g/mol. The van der Waals surface area contributed by atoms with Gasteiger partial charge < -0.3 is 0 Å². The zero-order valence-corrected chi connectivity index (χ0v) is 12.3. The number of thiophene rings is 1. The Hall–Kier alpha value is -0.210. The molecule has 0 amide bonds. The fourth-order valence-corrected chi connectivity index (χ4v) is 3.66. The molecule has 0 nitrogen and oxygen atoms in total. The zero-order valence-electron chi connectivity index (χ0n) is 9.21. The number of hydrogen-bond acceptors (Lipinski definition) is 1. The largest absolute Gasteiger partial charge is 0.117 e. The number of hydrogen-bond donors (Lipinski definition) is 0. The Balaban J connectivity index is 2.14. The molecule has 2 rings (SSSR count). The molecule has 0 saturated carbocycles. The second-order valence-electron chi connectivity index (χ2n) is 3.94. The molecule has 1 aromatic carbocycles. The average Bonchev–Trinajstić information content (AvgIpc) is 2.61. The van der Waals surface area contributed by atoms with Crippen molar-refractivity contribution in [2.75, 3.05) is 0 Å². The van der Waals surface area contributed by atoms with Gasteiger partial charge in [0, 0.05) is 5.56 Å². The van der Waals surface area contributed by atoms with E-state index < -0.39 is 0 Å². The monoisotopic (exact) mass is 304 g/mol. The standard InChI is InChI=1S/C13H11Cl3S/c1-8-2-4-9(5-3-8)6-11(14)10-7-12(15)17-13(10)16/h2-5,7,11H,6H2,1H3. The van der Waals surface area contributed by atoms with Crippen molar-refractivity contribution in [2.24, 2.45) is 0 Å². The molecule has 0 aliphatic carbocycles. The fourth-order valence-electron chi connectivity index (χ4n) is 1.61. The molecular formula is C13H11Cl3S. The highest BCUT2D eigenvalue weighted by molar-refractivity contribution is 7.20. The lowest BCUT2D eigenvalue weighted by molar-refractivity contribution is 0.924. The highest BCUT2D eigenvalue weighted by Gasteiger charge is 2.15. The minimum atomic E-state index is -0.131. The average molecular weight is 306 g/mol. The van der Waals surface area contributed by atoms with Gasteiger partial charge in [0.05, 0.1) is 14.0 Å². The Morgan fingerprint density at radius 2 is 1.82 bits per heavy atom. The predicted octanol–water partition coefficient (Wildman–Crippen LogP) is 5.89. The van der Waals surface area contributed by atoms with E-state index in [0.717, 1.165) is 12.0 Å². The van der Waals surface area contributed by atoms with Crippen LogP contribution in [0.5, 0.6) is 0 Å². The first kappa shape index (κ1) is 13.2. The minimum Gasteiger partial charge on any atom is -0.117 e. The Bertz CT molecular complexity index is 502. The molecule has 0 aliphatic heterocycles. The van der Waals surface area contributed by atoms with Crippen LogP contribution in [-0.4, -0.2) is 0 Å². The first-order valence-electron chi connectivity index (χ1n) is 5.20. The lowest BCUT2D eigenvalue weighted by atomic mass is 10.0. The maximum absolute atomic E-state index is 6.36. The van der Waals surface area contributed by atoms with Gasteiger partial charge in [0.2, 0.25) is 0 Å². The zero-order chi connectivity index (χ0) is 12.4. The van der Waals surface area contributed by atoms with E-state index in [0.29, 0.717) is 8.67 Å². The van der Waals surface area contributed by atoms with Crippen LogP contribution >= 0.6 is 46.1 Å². The van der Waals surface area contributed by atoms with Crippen molar-refractivity contribution in [3.8, 4) is 0 Å². The number of halogens is 3. The van der Waals surface area contributed by atoms with E-state index in [4.69, 9.17) is 34.8 Å². The lowest BCUT2D eigenvalue weighted by Gasteiger charge is -2.08. The number of benzene rings is 1. The Kier molecular flexibility index (Phi) is 4.37. The normalized spacial score (nSPS) is 12.7. The van der Waals surface area contributed by atoms with Crippen molar-refractivity contribution in [1.82, 2.24) is 0 Å². The third kappa shape index (κ3) is 3.38. The highest BCUT2D eigenvalue weighted by atomic mass is 35.5. The van der Waals surface area contributed by atoms with Gasteiger partial charge in [-0.2, -0.15) is 0 Å². The number of rotatable bonds is 3. The summed E-state index contributed by atoms with van der Waals surface area (Å²) in [5, 5.41) is -0.131. The molecule has 0 bridgehead atoms. The van der Waals surface area contributed by atoms with Crippen LogP contribution in [-0.2, 0) is 6.42 Å². The predicted molar refractivity (Wildman–Crippen MR) is 77.8 cm³/mol. The summed E-state index contributed by atoms with van der Waals surface area (Å²) in [6, 6.07) is 10.2. The third-order valence-electron chi connectivity index (χ3n) is 2.56. The fraction of sp³-hybridized carbons (Fsp3) is 0.231. The molecule has 0 spiro atoms. The molecule has 17 heavy (non-hydrogen) atoms. The summed E-state index contributed by atoms with van der Waals surface area (Å²) in [4.78, 5) is 0. The van der Waals surface area contributed by atoms with Crippen molar-refractivity contribution in [1.29, 1.82) is 0 Å². The summed E-state index contributed by atoms with van der Waals surface area (Å²) < 4.78 is 1.36.